The number of hydrogen-bond acceptors (Lipinski definition) is 3. The number of amides is 1. The molecule has 0 spiro atoms. The highest BCUT2D eigenvalue weighted by molar-refractivity contribution is 7.89. The third kappa shape index (κ3) is 4.76. The van der Waals surface area contributed by atoms with Gasteiger partial charge in [-0.1, -0.05) is 12.1 Å². The van der Waals surface area contributed by atoms with Gasteiger partial charge in [0.1, 0.15) is 0 Å². The van der Waals surface area contributed by atoms with E-state index in [1.807, 2.05) is 13.0 Å². The van der Waals surface area contributed by atoms with Crippen LogP contribution in [-0.4, -0.2) is 50.9 Å². The molecule has 6 nitrogen and oxygen atoms in total. The second kappa shape index (κ2) is 8.97. The Balaban J connectivity index is 1.65. The largest absolute Gasteiger partial charge is 0.323 e. The summed E-state index contributed by atoms with van der Waals surface area (Å²) >= 11 is 0. The maximum atomic E-state index is 13.8. The summed E-state index contributed by atoms with van der Waals surface area (Å²) in [5.74, 6) is -5.01. The second-order valence-corrected chi connectivity index (χ2v) is 9.67. The molecule has 0 aliphatic carbocycles. The molecule has 0 saturated carbocycles. The number of anilines is 1. The van der Waals surface area contributed by atoms with Crippen LogP contribution in [0, 0.1) is 31.3 Å². The van der Waals surface area contributed by atoms with Crippen molar-refractivity contribution in [3.05, 3.63) is 58.9 Å². The predicted octanol–water partition coefficient (Wildman–Crippen LogP) is 1.64. The fourth-order valence-corrected chi connectivity index (χ4v) is 5.37. The van der Waals surface area contributed by atoms with E-state index in [-0.39, 0.29) is 18.0 Å². The molecule has 1 fully saturated rings. The van der Waals surface area contributed by atoms with Crippen molar-refractivity contribution in [1.82, 2.24) is 4.31 Å². The Bertz CT molecular complexity index is 1100. The molecule has 0 unspecified atom stereocenters. The topological polar surface area (TPSA) is 70.9 Å². The molecule has 0 bridgehead atoms. The smallest absolute Gasteiger partial charge is 0.282 e. The number of carbonyl (C=O) groups excluding carboxylic acids is 1. The van der Waals surface area contributed by atoms with E-state index in [9.17, 15) is 26.4 Å². The third-order valence-corrected chi connectivity index (χ3v) is 7.67. The SMILES string of the molecule is Cc1ccc(C)c(S(=O)(=O)N2CC[NH+]([C@@H](C)C(=O)Nc3ccc(F)c(F)c3F)CC2)c1. The number of piperazine rings is 1. The molecule has 0 radical (unpaired) electrons. The number of benzene rings is 2. The van der Waals surface area contributed by atoms with Crippen LogP contribution in [0.5, 0.6) is 0 Å². The van der Waals surface area contributed by atoms with Crippen molar-refractivity contribution in [3.8, 4) is 0 Å². The highest BCUT2D eigenvalue weighted by Crippen LogP contribution is 2.22. The van der Waals surface area contributed by atoms with Gasteiger partial charge >= 0.3 is 0 Å². The summed E-state index contributed by atoms with van der Waals surface area (Å²) < 4.78 is 67.7. The highest BCUT2D eigenvalue weighted by Gasteiger charge is 2.35. The lowest BCUT2D eigenvalue weighted by molar-refractivity contribution is -0.917. The van der Waals surface area contributed by atoms with Crippen LogP contribution in [0.3, 0.4) is 0 Å². The zero-order chi connectivity index (χ0) is 22.9. The fourth-order valence-electron chi connectivity index (χ4n) is 3.62. The number of hydrogen-bond donors (Lipinski definition) is 2. The fraction of sp³-hybridized carbons (Fsp3) is 0.381. The Morgan fingerprint density at radius 2 is 1.71 bits per heavy atom. The van der Waals surface area contributed by atoms with Crippen LogP contribution in [0.2, 0.25) is 0 Å². The monoisotopic (exact) mass is 456 g/mol. The average Bonchev–Trinajstić information content (AvgIpc) is 2.75. The van der Waals surface area contributed by atoms with E-state index in [0.29, 0.717) is 18.7 Å². The van der Waals surface area contributed by atoms with Gasteiger partial charge in [0.15, 0.2) is 23.5 Å². The number of aryl methyl sites for hydroxylation is 2. The Morgan fingerprint density at radius 3 is 2.35 bits per heavy atom. The zero-order valence-electron chi connectivity index (χ0n) is 17.5. The molecule has 2 aromatic carbocycles. The predicted molar refractivity (Wildman–Crippen MR) is 110 cm³/mol. The van der Waals surface area contributed by atoms with E-state index >= 15 is 0 Å². The van der Waals surface area contributed by atoms with E-state index in [4.69, 9.17) is 0 Å². The highest BCUT2D eigenvalue weighted by atomic mass is 32.2. The number of nitrogens with zero attached hydrogens (tertiary/aromatic N) is 1. The van der Waals surface area contributed by atoms with Gasteiger partial charge in [0.2, 0.25) is 10.0 Å². The van der Waals surface area contributed by atoms with Gasteiger partial charge in [-0.3, -0.25) is 4.79 Å². The molecule has 1 heterocycles. The van der Waals surface area contributed by atoms with Crippen LogP contribution in [0.25, 0.3) is 0 Å². The lowest BCUT2D eigenvalue weighted by Gasteiger charge is -2.34. The van der Waals surface area contributed by atoms with Crippen LogP contribution in [-0.2, 0) is 14.8 Å². The van der Waals surface area contributed by atoms with Gasteiger partial charge in [-0.25, -0.2) is 21.6 Å². The van der Waals surface area contributed by atoms with E-state index in [1.165, 1.54) is 4.31 Å². The molecule has 3 rings (SSSR count). The number of nitrogens with one attached hydrogen (secondary N) is 2. The summed E-state index contributed by atoms with van der Waals surface area (Å²) in [5, 5.41) is 2.28. The van der Waals surface area contributed by atoms with Gasteiger partial charge in [-0.05, 0) is 50.1 Å². The van der Waals surface area contributed by atoms with E-state index in [1.54, 1.807) is 26.0 Å². The average molecular weight is 457 g/mol. The van der Waals surface area contributed by atoms with Crippen LogP contribution in [0.1, 0.15) is 18.1 Å². The van der Waals surface area contributed by atoms with Gasteiger partial charge in [-0.2, -0.15) is 4.31 Å². The molecule has 1 atom stereocenters. The van der Waals surface area contributed by atoms with Crippen LogP contribution in [0.15, 0.2) is 35.2 Å². The quantitative estimate of drug-likeness (QED) is 0.672. The molecule has 168 valence electrons. The van der Waals surface area contributed by atoms with Crippen LogP contribution >= 0.6 is 0 Å². The normalized spacial score (nSPS) is 16.8. The van der Waals surface area contributed by atoms with Gasteiger partial charge in [0.25, 0.3) is 5.91 Å². The zero-order valence-corrected chi connectivity index (χ0v) is 18.3. The van der Waals surface area contributed by atoms with Crippen molar-refractivity contribution in [2.75, 3.05) is 31.5 Å². The minimum Gasteiger partial charge on any atom is -0.323 e. The first-order chi connectivity index (χ1) is 14.5. The second-order valence-electron chi connectivity index (χ2n) is 7.77. The number of carbonyl (C=O) groups is 1. The lowest BCUT2D eigenvalue weighted by Crippen LogP contribution is -3.19. The molecule has 2 aromatic rings. The maximum Gasteiger partial charge on any atom is 0.282 e. The Kier molecular flexibility index (Phi) is 6.73. The Morgan fingerprint density at radius 1 is 1.06 bits per heavy atom. The van der Waals surface area contributed by atoms with Gasteiger partial charge in [0, 0.05) is 0 Å². The van der Waals surface area contributed by atoms with Crippen molar-refractivity contribution < 1.29 is 31.3 Å². The molecule has 1 saturated heterocycles. The molecular weight excluding hydrogens is 431 g/mol. The van der Waals surface area contributed by atoms with Crippen LogP contribution < -0.4 is 10.2 Å². The van der Waals surface area contributed by atoms with Gasteiger partial charge in [-0.15, -0.1) is 0 Å². The van der Waals surface area contributed by atoms with Gasteiger partial charge < -0.3 is 10.2 Å². The summed E-state index contributed by atoms with van der Waals surface area (Å²) in [6.07, 6.45) is 0. The van der Waals surface area contributed by atoms with E-state index < -0.39 is 45.1 Å². The number of rotatable bonds is 5. The minimum absolute atomic E-state index is 0.224. The van der Waals surface area contributed by atoms with E-state index in [2.05, 4.69) is 5.32 Å². The summed E-state index contributed by atoms with van der Waals surface area (Å²) in [6.45, 7) is 6.40. The molecular formula is C21H25F3N3O3S+. The van der Waals surface area contributed by atoms with Crippen molar-refractivity contribution in [2.24, 2.45) is 0 Å². The first-order valence-corrected chi connectivity index (χ1v) is 11.3. The standard InChI is InChI=1S/C21H24F3N3O3S/c1-13-4-5-14(2)18(12-13)31(29,30)27-10-8-26(9-11-27)15(3)21(28)25-17-7-6-16(22)19(23)20(17)24/h4-7,12,15H,8-11H2,1-3H3,(H,25,28)/p+1/t15-/m0/s1. The maximum absolute atomic E-state index is 13.8. The summed E-state index contributed by atoms with van der Waals surface area (Å²) in [6, 6.07) is 6.33. The molecule has 31 heavy (non-hydrogen) atoms. The molecule has 0 aromatic heterocycles. The Labute approximate surface area is 179 Å². The summed E-state index contributed by atoms with van der Waals surface area (Å²) in [4.78, 5) is 13.6. The first-order valence-electron chi connectivity index (χ1n) is 9.88. The molecule has 10 heteroatoms. The molecule has 1 aliphatic rings. The third-order valence-electron chi connectivity index (χ3n) is 5.62. The van der Waals surface area contributed by atoms with Crippen molar-refractivity contribution in [2.45, 2.75) is 31.7 Å². The van der Waals surface area contributed by atoms with Crippen molar-refractivity contribution >= 4 is 21.6 Å². The van der Waals surface area contributed by atoms with E-state index in [0.717, 1.165) is 22.6 Å². The molecule has 1 amide bonds. The van der Waals surface area contributed by atoms with Crippen molar-refractivity contribution in [3.63, 3.8) is 0 Å². The van der Waals surface area contributed by atoms with Gasteiger partial charge in [0.05, 0.1) is 36.8 Å². The molecule has 1 aliphatic heterocycles. The first kappa shape index (κ1) is 23.2. The number of halogens is 3. The molecule has 2 N–H and O–H groups in total. The summed E-state index contributed by atoms with van der Waals surface area (Å²) in [5.41, 5.74) is 1.08. The Hall–Kier alpha value is -2.43. The van der Waals surface area contributed by atoms with Crippen LogP contribution in [0.4, 0.5) is 18.9 Å². The minimum atomic E-state index is -3.65. The van der Waals surface area contributed by atoms with Crippen molar-refractivity contribution in [1.29, 1.82) is 0 Å². The number of quaternary nitrogens is 1. The summed E-state index contributed by atoms with van der Waals surface area (Å²) in [7, 11) is -3.65. The lowest BCUT2D eigenvalue weighted by atomic mass is 10.2. The number of sulfonamides is 1.